The summed E-state index contributed by atoms with van der Waals surface area (Å²) in [6.45, 7) is 4.47. The molecule has 0 aromatic heterocycles. The van der Waals surface area contributed by atoms with Crippen LogP contribution in [0.5, 0.6) is 0 Å². The standard InChI is InChI=1S/C23H42O2/c1-3-5-7-9-19-11-13-20(14-12-19)21-15-17-22(18-16-21)25-23(24)10-8-6-4-2/h19-22H,3-18H2,1-2H3. The highest BCUT2D eigenvalue weighted by Crippen LogP contribution is 2.41. The maximum absolute atomic E-state index is 11.9. The van der Waals surface area contributed by atoms with Crippen molar-refractivity contribution in [2.24, 2.45) is 17.8 Å². The molecular weight excluding hydrogens is 308 g/mol. The Morgan fingerprint density at radius 1 is 0.760 bits per heavy atom. The van der Waals surface area contributed by atoms with Crippen LogP contribution in [0.4, 0.5) is 0 Å². The van der Waals surface area contributed by atoms with Crippen LogP contribution < -0.4 is 0 Å². The van der Waals surface area contributed by atoms with Crippen LogP contribution >= 0.6 is 0 Å². The van der Waals surface area contributed by atoms with Crippen LogP contribution in [0.25, 0.3) is 0 Å². The van der Waals surface area contributed by atoms with Gasteiger partial charge in [-0.05, 0) is 62.7 Å². The highest BCUT2D eigenvalue weighted by molar-refractivity contribution is 5.69. The number of ether oxygens (including phenoxy) is 1. The van der Waals surface area contributed by atoms with Gasteiger partial charge in [-0.15, -0.1) is 0 Å². The highest BCUT2D eigenvalue weighted by atomic mass is 16.5. The smallest absolute Gasteiger partial charge is 0.306 e. The lowest BCUT2D eigenvalue weighted by Gasteiger charge is -2.37. The third-order valence-electron chi connectivity index (χ3n) is 6.78. The fraction of sp³-hybridized carbons (Fsp3) is 0.957. The van der Waals surface area contributed by atoms with Crippen molar-refractivity contribution in [1.29, 1.82) is 0 Å². The number of hydrogen-bond donors (Lipinski definition) is 0. The summed E-state index contributed by atoms with van der Waals surface area (Å²) in [5.41, 5.74) is 0. The molecule has 2 saturated carbocycles. The van der Waals surface area contributed by atoms with Crippen LogP contribution in [-0.2, 0) is 9.53 Å². The average molecular weight is 351 g/mol. The van der Waals surface area contributed by atoms with Gasteiger partial charge >= 0.3 is 5.97 Å². The van der Waals surface area contributed by atoms with Crippen LogP contribution in [0.1, 0.15) is 117 Å². The third kappa shape index (κ3) is 7.71. The zero-order chi connectivity index (χ0) is 17.9. The van der Waals surface area contributed by atoms with E-state index in [4.69, 9.17) is 4.74 Å². The Bertz CT molecular complexity index is 349. The van der Waals surface area contributed by atoms with Crippen molar-refractivity contribution in [3.8, 4) is 0 Å². The molecule has 0 bridgehead atoms. The highest BCUT2D eigenvalue weighted by Gasteiger charge is 2.31. The molecule has 0 unspecified atom stereocenters. The van der Waals surface area contributed by atoms with E-state index in [-0.39, 0.29) is 12.1 Å². The first kappa shape index (κ1) is 20.8. The van der Waals surface area contributed by atoms with Crippen molar-refractivity contribution in [3.05, 3.63) is 0 Å². The molecule has 25 heavy (non-hydrogen) atoms. The lowest BCUT2D eigenvalue weighted by molar-refractivity contribution is -0.151. The molecule has 0 saturated heterocycles. The van der Waals surface area contributed by atoms with E-state index >= 15 is 0 Å². The molecule has 2 heteroatoms. The molecule has 2 nitrogen and oxygen atoms in total. The van der Waals surface area contributed by atoms with E-state index in [1.54, 1.807) is 0 Å². The van der Waals surface area contributed by atoms with Crippen molar-refractivity contribution in [2.45, 2.75) is 123 Å². The van der Waals surface area contributed by atoms with E-state index in [9.17, 15) is 4.79 Å². The second kappa shape index (κ2) is 12.0. The van der Waals surface area contributed by atoms with Crippen molar-refractivity contribution in [2.75, 3.05) is 0 Å². The molecule has 0 aliphatic heterocycles. The maximum atomic E-state index is 11.9. The van der Waals surface area contributed by atoms with Gasteiger partial charge in [0.1, 0.15) is 6.10 Å². The SMILES string of the molecule is CCCCCC(=O)OC1CCC(C2CCC(CCCCC)CC2)CC1. The zero-order valence-electron chi connectivity index (χ0n) is 16.9. The van der Waals surface area contributed by atoms with Crippen LogP contribution in [-0.4, -0.2) is 12.1 Å². The summed E-state index contributed by atoms with van der Waals surface area (Å²) in [4.78, 5) is 11.9. The summed E-state index contributed by atoms with van der Waals surface area (Å²) in [6.07, 6.45) is 20.5. The van der Waals surface area contributed by atoms with Crippen molar-refractivity contribution >= 4 is 5.97 Å². The van der Waals surface area contributed by atoms with Crippen molar-refractivity contribution in [3.63, 3.8) is 0 Å². The van der Waals surface area contributed by atoms with Crippen LogP contribution in [0, 0.1) is 17.8 Å². The van der Waals surface area contributed by atoms with Gasteiger partial charge in [-0.25, -0.2) is 0 Å². The molecule has 0 N–H and O–H groups in total. The van der Waals surface area contributed by atoms with Crippen LogP contribution in [0.2, 0.25) is 0 Å². The summed E-state index contributed by atoms with van der Waals surface area (Å²) < 4.78 is 5.71. The Balaban J connectivity index is 1.58. The third-order valence-corrected chi connectivity index (χ3v) is 6.78. The van der Waals surface area contributed by atoms with Crippen molar-refractivity contribution in [1.82, 2.24) is 0 Å². The number of unbranched alkanes of at least 4 members (excludes halogenated alkanes) is 4. The molecule has 2 aliphatic rings. The quantitative estimate of drug-likeness (QED) is 0.311. The van der Waals surface area contributed by atoms with Gasteiger partial charge in [0.2, 0.25) is 0 Å². The lowest BCUT2D eigenvalue weighted by atomic mass is 9.70. The zero-order valence-corrected chi connectivity index (χ0v) is 16.9. The van der Waals surface area contributed by atoms with E-state index in [1.807, 2.05) is 0 Å². The summed E-state index contributed by atoms with van der Waals surface area (Å²) in [6, 6.07) is 0. The average Bonchev–Trinajstić information content (AvgIpc) is 2.63. The lowest BCUT2D eigenvalue weighted by Crippen LogP contribution is -2.29. The van der Waals surface area contributed by atoms with E-state index < -0.39 is 0 Å². The Labute approximate surface area is 156 Å². The first-order chi connectivity index (χ1) is 12.2. The van der Waals surface area contributed by atoms with Crippen molar-refractivity contribution < 1.29 is 9.53 Å². The van der Waals surface area contributed by atoms with E-state index in [1.165, 1.54) is 70.6 Å². The van der Waals surface area contributed by atoms with Crippen LogP contribution in [0.15, 0.2) is 0 Å². The monoisotopic (exact) mass is 350 g/mol. The Hall–Kier alpha value is -0.530. The maximum Gasteiger partial charge on any atom is 0.306 e. The van der Waals surface area contributed by atoms with E-state index in [0.717, 1.165) is 43.4 Å². The minimum atomic E-state index is 0.0458. The summed E-state index contributed by atoms with van der Waals surface area (Å²) in [5.74, 6) is 2.93. The minimum Gasteiger partial charge on any atom is -0.462 e. The fourth-order valence-corrected chi connectivity index (χ4v) is 5.07. The van der Waals surface area contributed by atoms with Crippen LogP contribution in [0.3, 0.4) is 0 Å². The fourth-order valence-electron chi connectivity index (χ4n) is 5.07. The number of carbonyl (C=O) groups is 1. The second-order valence-electron chi connectivity index (χ2n) is 8.76. The molecule has 0 amide bonds. The molecule has 0 spiro atoms. The van der Waals surface area contributed by atoms with Gasteiger partial charge in [0.15, 0.2) is 0 Å². The Kier molecular flexibility index (Phi) is 9.94. The molecular formula is C23H42O2. The Morgan fingerprint density at radius 3 is 1.92 bits per heavy atom. The van der Waals surface area contributed by atoms with Gasteiger partial charge in [-0.1, -0.05) is 65.2 Å². The van der Waals surface area contributed by atoms with Gasteiger partial charge in [0, 0.05) is 6.42 Å². The van der Waals surface area contributed by atoms with Gasteiger partial charge < -0.3 is 4.74 Å². The van der Waals surface area contributed by atoms with Gasteiger partial charge in [0.05, 0.1) is 0 Å². The van der Waals surface area contributed by atoms with Gasteiger partial charge in [-0.3, -0.25) is 4.79 Å². The predicted octanol–water partition coefficient (Wildman–Crippen LogP) is 7.06. The summed E-state index contributed by atoms with van der Waals surface area (Å²) >= 11 is 0. The molecule has 146 valence electrons. The molecule has 0 atom stereocenters. The topological polar surface area (TPSA) is 26.3 Å². The van der Waals surface area contributed by atoms with E-state index in [0.29, 0.717) is 6.42 Å². The molecule has 0 aromatic rings. The number of carbonyl (C=O) groups excluding carboxylic acids is 1. The minimum absolute atomic E-state index is 0.0458. The first-order valence-corrected chi connectivity index (χ1v) is 11.4. The molecule has 2 rings (SSSR count). The molecule has 0 heterocycles. The second-order valence-corrected chi connectivity index (χ2v) is 8.76. The predicted molar refractivity (Wildman–Crippen MR) is 106 cm³/mol. The first-order valence-electron chi connectivity index (χ1n) is 11.4. The largest absolute Gasteiger partial charge is 0.462 e. The van der Waals surface area contributed by atoms with Gasteiger partial charge in [0.25, 0.3) is 0 Å². The number of hydrogen-bond acceptors (Lipinski definition) is 2. The normalized spacial score (nSPS) is 30.2. The molecule has 2 fully saturated rings. The van der Waals surface area contributed by atoms with E-state index in [2.05, 4.69) is 13.8 Å². The summed E-state index contributed by atoms with van der Waals surface area (Å²) in [5, 5.41) is 0. The molecule has 2 aliphatic carbocycles. The number of esters is 1. The molecule has 0 radical (unpaired) electrons. The summed E-state index contributed by atoms with van der Waals surface area (Å²) in [7, 11) is 0. The number of rotatable bonds is 10. The Morgan fingerprint density at radius 2 is 1.32 bits per heavy atom. The molecule has 0 aromatic carbocycles. The van der Waals surface area contributed by atoms with Gasteiger partial charge in [-0.2, -0.15) is 0 Å².